The highest BCUT2D eigenvalue weighted by atomic mass is 32.2. The van der Waals surface area contributed by atoms with Crippen LogP contribution in [0, 0.1) is 0 Å². The smallest absolute Gasteiger partial charge is 0.0787 e. The van der Waals surface area contributed by atoms with Crippen LogP contribution in [0.2, 0.25) is 0 Å². The summed E-state index contributed by atoms with van der Waals surface area (Å²) in [5.41, 5.74) is 0.00185. The summed E-state index contributed by atoms with van der Waals surface area (Å²) in [5.74, 6) is 1.31. The van der Waals surface area contributed by atoms with Crippen molar-refractivity contribution in [3.8, 4) is 0 Å². The Morgan fingerprint density at radius 2 is 1.78 bits per heavy atom. The molecule has 0 aliphatic carbocycles. The Hall–Kier alpha value is 0.270. The molecule has 0 bridgehead atoms. The van der Waals surface area contributed by atoms with Gasteiger partial charge in [0.1, 0.15) is 0 Å². The van der Waals surface area contributed by atoms with Gasteiger partial charge in [0.05, 0.1) is 11.2 Å². The summed E-state index contributed by atoms with van der Waals surface area (Å²) >= 11 is 1.95. The first-order valence-electron chi connectivity index (χ1n) is 7.30. The van der Waals surface area contributed by atoms with Gasteiger partial charge in [0, 0.05) is 6.04 Å². The quantitative estimate of drug-likeness (QED) is 0.679. The van der Waals surface area contributed by atoms with Crippen molar-refractivity contribution in [2.24, 2.45) is 0 Å². The van der Waals surface area contributed by atoms with Crippen molar-refractivity contribution in [3.05, 3.63) is 0 Å². The average Bonchev–Trinajstić information content (AvgIpc) is 2.45. The van der Waals surface area contributed by atoms with Crippen LogP contribution in [0.1, 0.15) is 59.8 Å². The van der Waals surface area contributed by atoms with Gasteiger partial charge in [-0.2, -0.15) is 11.8 Å². The van der Waals surface area contributed by atoms with Crippen molar-refractivity contribution in [3.63, 3.8) is 0 Å². The number of ether oxygens (including phenoxy) is 1. The maximum absolute atomic E-state index is 6.09. The SMILES string of the molecule is CSCCCCCCNC1CC(C)(C)OC1(C)C. The molecule has 18 heavy (non-hydrogen) atoms. The van der Waals surface area contributed by atoms with E-state index < -0.39 is 0 Å². The van der Waals surface area contributed by atoms with Gasteiger partial charge in [0.2, 0.25) is 0 Å². The second-order valence-electron chi connectivity index (χ2n) is 6.58. The molecule has 2 nitrogen and oxygen atoms in total. The van der Waals surface area contributed by atoms with Gasteiger partial charge in [-0.15, -0.1) is 0 Å². The zero-order chi connectivity index (χ0) is 13.6. The summed E-state index contributed by atoms with van der Waals surface area (Å²) < 4.78 is 6.09. The molecule has 1 unspecified atom stereocenters. The van der Waals surface area contributed by atoms with Crippen molar-refractivity contribution < 1.29 is 4.74 Å². The molecule has 0 aromatic heterocycles. The van der Waals surface area contributed by atoms with E-state index in [1.165, 1.54) is 31.4 Å². The molecule has 0 radical (unpaired) electrons. The maximum atomic E-state index is 6.09. The molecule has 0 aromatic carbocycles. The number of thioether (sulfide) groups is 1. The number of hydrogen-bond acceptors (Lipinski definition) is 3. The Morgan fingerprint density at radius 1 is 1.11 bits per heavy atom. The van der Waals surface area contributed by atoms with E-state index in [-0.39, 0.29) is 11.2 Å². The van der Waals surface area contributed by atoms with Crippen molar-refractivity contribution >= 4 is 11.8 Å². The van der Waals surface area contributed by atoms with Gasteiger partial charge in [-0.25, -0.2) is 0 Å². The minimum atomic E-state index is -0.0254. The van der Waals surface area contributed by atoms with Crippen molar-refractivity contribution in [1.82, 2.24) is 5.32 Å². The van der Waals surface area contributed by atoms with Crippen molar-refractivity contribution in [1.29, 1.82) is 0 Å². The Kier molecular flexibility index (Phi) is 6.49. The number of hydrogen-bond donors (Lipinski definition) is 1. The fourth-order valence-electron chi connectivity index (χ4n) is 2.88. The molecule has 1 rings (SSSR count). The lowest BCUT2D eigenvalue weighted by atomic mass is 9.94. The van der Waals surface area contributed by atoms with E-state index in [1.54, 1.807) is 0 Å². The molecule has 1 heterocycles. The minimum absolute atomic E-state index is 0.0254. The van der Waals surface area contributed by atoms with Crippen LogP contribution in [0.15, 0.2) is 0 Å². The third-order valence-electron chi connectivity index (χ3n) is 3.74. The first-order valence-corrected chi connectivity index (χ1v) is 8.69. The molecule has 0 spiro atoms. The van der Waals surface area contributed by atoms with Crippen LogP contribution in [0.5, 0.6) is 0 Å². The molecule has 1 fully saturated rings. The normalized spacial score (nSPS) is 25.5. The highest BCUT2D eigenvalue weighted by molar-refractivity contribution is 7.98. The Balaban J connectivity index is 2.12. The summed E-state index contributed by atoms with van der Waals surface area (Å²) in [4.78, 5) is 0. The van der Waals surface area contributed by atoms with E-state index in [2.05, 4.69) is 39.3 Å². The van der Waals surface area contributed by atoms with Gasteiger partial charge in [-0.05, 0) is 65.5 Å². The van der Waals surface area contributed by atoms with Gasteiger partial charge >= 0.3 is 0 Å². The molecule has 1 N–H and O–H groups in total. The molecule has 108 valence electrons. The minimum Gasteiger partial charge on any atom is -0.368 e. The topological polar surface area (TPSA) is 21.3 Å². The lowest BCUT2D eigenvalue weighted by Gasteiger charge is -2.27. The molecule has 1 aliphatic rings. The monoisotopic (exact) mass is 273 g/mol. The summed E-state index contributed by atoms with van der Waals surface area (Å²) in [6.07, 6.45) is 8.69. The third-order valence-corrected chi connectivity index (χ3v) is 4.44. The third kappa shape index (κ3) is 5.50. The second kappa shape index (κ2) is 7.16. The molecular weight excluding hydrogens is 242 g/mol. The molecule has 1 saturated heterocycles. The van der Waals surface area contributed by atoms with Crippen LogP contribution < -0.4 is 5.32 Å². The van der Waals surface area contributed by atoms with E-state index in [0.29, 0.717) is 6.04 Å². The number of unbranched alkanes of at least 4 members (excludes halogenated alkanes) is 3. The lowest BCUT2D eigenvalue weighted by Crippen LogP contribution is -2.43. The van der Waals surface area contributed by atoms with Gasteiger partial charge in [-0.1, -0.05) is 12.8 Å². The molecule has 0 saturated carbocycles. The van der Waals surface area contributed by atoms with Gasteiger partial charge in [0.25, 0.3) is 0 Å². The standard InChI is InChI=1S/C15H31NOS/c1-14(2)12-13(15(3,4)17-14)16-10-8-6-7-9-11-18-5/h13,16H,6-12H2,1-5H3. The van der Waals surface area contributed by atoms with Crippen LogP contribution in [-0.2, 0) is 4.74 Å². The van der Waals surface area contributed by atoms with E-state index >= 15 is 0 Å². The Bertz CT molecular complexity index is 241. The first kappa shape index (κ1) is 16.3. The Labute approximate surface area is 118 Å². The highest BCUT2D eigenvalue weighted by Crippen LogP contribution is 2.37. The molecule has 0 amide bonds. The summed E-state index contributed by atoms with van der Waals surface area (Å²) in [6.45, 7) is 9.93. The zero-order valence-corrected chi connectivity index (χ0v) is 13.7. The van der Waals surface area contributed by atoms with Crippen molar-refractivity contribution in [2.45, 2.75) is 77.0 Å². The largest absolute Gasteiger partial charge is 0.368 e. The predicted octanol–water partition coefficient (Wildman–Crippen LogP) is 3.85. The van der Waals surface area contributed by atoms with Crippen molar-refractivity contribution in [2.75, 3.05) is 18.6 Å². The van der Waals surface area contributed by atoms with Crippen LogP contribution in [-0.4, -0.2) is 35.8 Å². The van der Waals surface area contributed by atoms with Crippen LogP contribution >= 0.6 is 11.8 Å². The van der Waals surface area contributed by atoms with Gasteiger partial charge < -0.3 is 10.1 Å². The number of rotatable bonds is 8. The van der Waals surface area contributed by atoms with Crippen LogP contribution in [0.3, 0.4) is 0 Å². The van der Waals surface area contributed by atoms with Crippen LogP contribution in [0.25, 0.3) is 0 Å². The van der Waals surface area contributed by atoms with Gasteiger partial charge in [0.15, 0.2) is 0 Å². The summed E-state index contributed by atoms with van der Waals surface area (Å²) in [5, 5.41) is 3.69. The molecule has 1 atom stereocenters. The second-order valence-corrected chi connectivity index (χ2v) is 7.57. The molecule has 0 aromatic rings. The highest BCUT2D eigenvalue weighted by Gasteiger charge is 2.45. The number of nitrogens with one attached hydrogen (secondary N) is 1. The molecular formula is C15H31NOS. The van der Waals surface area contributed by atoms with Gasteiger partial charge in [-0.3, -0.25) is 0 Å². The van der Waals surface area contributed by atoms with E-state index in [1.807, 2.05) is 11.8 Å². The Morgan fingerprint density at radius 3 is 2.33 bits per heavy atom. The zero-order valence-electron chi connectivity index (χ0n) is 12.8. The first-order chi connectivity index (χ1) is 8.37. The van der Waals surface area contributed by atoms with E-state index in [9.17, 15) is 0 Å². The molecule has 1 aliphatic heterocycles. The summed E-state index contributed by atoms with van der Waals surface area (Å²) in [6, 6.07) is 0.499. The lowest BCUT2D eigenvalue weighted by molar-refractivity contribution is -0.0697. The van der Waals surface area contributed by atoms with E-state index in [4.69, 9.17) is 4.74 Å². The molecule has 3 heteroatoms. The predicted molar refractivity (Wildman–Crippen MR) is 82.5 cm³/mol. The van der Waals surface area contributed by atoms with Crippen LogP contribution in [0.4, 0.5) is 0 Å². The fourth-order valence-corrected chi connectivity index (χ4v) is 3.37. The van der Waals surface area contributed by atoms with E-state index in [0.717, 1.165) is 13.0 Å². The summed E-state index contributed by atoms with van der Waals surface area (Å²) in [7, 11) is 0. The maximum Gasteiger partial charge on any atom is 0.0787 e. The fraction of sp³-hybridized carbons (Fsp3) is 1.00. The average molecular weight is 273 g/mol.